The number of hydrogen-bond donors (Lipinski definition) is 2. The summed E-state index contributed by atoms with van der Waals surface area (Å²) in [5, 5.41) is 14.8. The van der Waals surface area contributed by atoms with Crippen molar-refractivity contribution >= 4 is 11.6 Å². The molecule has 0 aliphatic heterocycles. The maximum atomic E-state index is 11.7. The number of aryl methyl sites for hydroxylation is 1. The summed E-state index contributed by atoms with van der Waals surface area (Å²) in [4.78, 5) is 11.7. The van der Waals surface area contributed by atoms with Crippen LogP contribution in [-0.2, 0) is 9.53 Å². The number of amides is 1. The van der Waals surface area contributed by atoms with Gasteiger partial charge in [0, 0.05) is 25.8 Å². The van der Waals surface area contributed by atoms with Crippen molar-refractivity contribution in [2.45, 2.75) is 20.3 Å². The molecule has 1 aromatic rings. The first-order valence-electron chi connectivity index (χ1n) is 6.76. The molecule has 116 valence electrons. The fourth-order valence-corrected chi connectivity index (χ4v) is 1.74. The van der Waals surface area contributed by atoms with Gasteiger partial charge in [-0.25, -0.2) is 0 Å². The Labute approximate surface area is 124 Å². The maximum absolute atomic E-state index is 11.7. The molecule has 0 saturated carbocycles. The fraction of sp³-hybridized carbons (Fsp3) is 0.467. The third kappa shape index (κ3) is 5.83. The minimum Gasteiger partial charge on any atom is -0.483 e. The Morgan fingerprint density at radius 3 is 2.86 bits per heavy atom. The van der Waals surface area contributed by atoms with E-state index in [-0.39, 0.29) is 12.5 Å². The lowest BCUT2D eigenvalue weighted by Gasteiger charge is -2.12. The zero-order valence-electron chi connectivity index (χ0n) is 12.7. The second-order valence-electron chi connectivity index (χ2n) is 4.67. The van der Waals surface area contributed by atoms with Crippen molar-refractivity contribution in [3.63, 3.8) is 0 Å². The summed E-state index contributed by atoms with van der Waals surface area (Å²) in [5.74, 6) is 0.328. The predicted octanol–water partition coefficient (Wildman–Crippen LogP) is 1.72. The Morgan fingerprint density at radius 2 is 2.19 bits per heavy atom. The van der Waals surface area contributed by atoms with Gasteiger partial charge in [-0.1, -0.05) is 11.2 Å². The average molecular weight is 294 g/mol. The normalized spacial score (nSPS) is 11.3. The van der Waals surface area contributed by atoms with E-state index in [1.165, 1.54) is 0 Å². The molecular formula is C15H22N2O4. The Kier molecular flexibility index (Phi) is 7.25. The third-order valence-electron chi connectivity index (χ3n) is 2.88. The van der Waals surface area contributed by atoms with Gasteiger partial charge in [0.05, 0.1) is 5.71 Å². The van der Waals surface area contributed by atoms with Crippen molar-refractivity contribution < 1.29 is 19.5 Å². The number of benzene rings is 1. The van der Waals surface area contributed by atoms with Gasteiger partial charge >= 0.3 is 0 Å². The Bertz CT molecular complexity index is 500. The van der Waals surface area contributed by atoms with Crippen molar-refractivity contribution in [1.29, 1.82) is 0 Å². The molecule has 0 aliphatic rings. The van der Waals surface area contributed by atoms with Gasteiger partial charge in [-0.05, 0) is 38.0 Å². The van der Waals surface area contributed by atoms with E-state index in [9.17, 15) is 4.79 Å². The molecule has 1 aromatic carbocycles. The first-order valence-corrected chi connectivity index (χ1v) is 6.76. The van der Waals surface area contributed by atoms with E-state index in [4.69, 9.17) is 14.7 Å². The van der Waals surface area contributed by atoms with E-state index in [0.717, 1.165) is 12.0 Å². The van der Waals surface area contributed by atoms with Crippen LogP contribution in [0.5, 0.6) is 5.75 Å². The van der Waals surface area contributed by atoms with Gasteiger partial charge in [0.15, 0.2) is 6.61 Å². The zero-order valence-corrected chi connectivity index (χ0v) is 12.7. The third-order valence-corrected chi connectivity index (χ3v) is 2.88. The molecule has 0 saturated heterocycles. The van der Waals surface area contributed by atoms with Crippen molar-refractivity contribution in [1.82, 2.24) is 5.32 Å². The van der Waals surface area contributed by atoms with E-state index in [1.54, 1.807) is 20.1 Å². The van der Waals surface area contributed by atoms with Gasteiger partial charge < -0.3 is 20.0 Å². The number of methoxy groups -OCH3 is 1. The number of nitrogens with one attached hydrogen (secondary N) is 1. The monoisotopic (exact) mass is 294 g/mol. The van der Waals surface area contributed by atoms with Crippen LogP contribution in [0.3, 0.4) is 0 Å². The fourth-order valence-electron chi connectivity index (χ4n) is 1.74. The molecule has 1 amide bonds. The van der Waals surface area contributed by atoms with Crippen LogP contribution in [-0.4, -0.2) is 43.7 Å². The Hall–Kier alpha value is -2.08. The molecule has 0 aromatic heterocycles. The van der Waals surface area contributed by atoms with Gasteiger partial charge in [0.2, 0.25) is 0 Å². The lowest BCUT2D eigenvalue weighted by atomic mass is 10.1. The molecule has 21 heavy (non-hydrogen) atoms. The first kappa shape index (κ1) is 17.0. The quantitative estimate of drug-likeness (QED) is 0.331. The molecule has 6 nitrogen and oxygen atoms in total. The highest BCUT2D eigenvalue weighted by atomic mass is 16.5. The van der Waals surface area contributed by atoms with Crippen LogP contribution in [0, 0.1) is 6.92 Å². The molecule has 1 rings (SSSR count). The molecule has 0 unspecified atom stereocenters. The summed E-state index contributed by atoms with van der Waals surface area (Å²) in [6.45, 7) is 4.67. The van der Waals surface area contributed by atoms with Gasteiger partial charge in [0.25, 0.3) is 5.91 Å². The Morgan fingerprint density at radius 1 is 1.43 bits per heavy atom. The molecule has 0 heterocycles. The summed E-state index contributed by atoms with van der Waals surface area (Å²) in [7, 11) is 1.62. The molecular weight excluding hydrogens is 272 g/mol. The zero-order chi connectivity index (χ0) is 15.7. The summed E-state index contributed by atoms with van der Waals surface area (Å²) < 4.78 is 10.4. The summed E-state index contributed by atoms with van der Waals surface area (Å²) >= 11 is 0. The van der Waals surface area contributed by atoms with Gasteiger partial charge in [-0.3, -0.25) is 4.79 Å². The van der Waals surface area contributed by atoms with Crippen LogP contribution in [0.25, 0.3) is 0 Å². The molecule has 0 aliphatic carbocycles. The van der Waals surface area contributed by atoms with E-state index < -0.39 is 0 Å². The van der Waals surface area contributed by atoms with Crippen LogP contribution in [0.15, 0.2) is 23.4 Å². The van der Waals surface area contributed by atoms with Gasteiger partial charge in [-0.15, -0.1) is 0 Å². The second kappa shape index (κ2) is 8.97. The van der Waals surface area contributed by atoms with Crippen molar-refractivity contribution in [2.75, 3.05) is 26.9 Å². The van der Waals surface area contributed by atoms with Crippen molar-refractivity contribution in [3.05, 3.63) is 29.3 Å². The van der Waals surface area contributed by atoms with Crippen LogP contribution >= 0.6 is 0 Å². The first-order chi connectivity index (χ1) is 10.1. The van der Waals surface area contributed by atoms with Crippen molar-refractivity contribution in [3.8, 4) is 5.75 Å². The maximum Gasteiger partial charge on any atom is 0.257 e. The number of hydrogen-bond acceptors (Lipinski definition) is 5. The van der Waals surface area contributed by atoms with Gasteiger partial charge in [-0.2, -0.15) is 0 Å². The predicted molar refractivity (Wildman–Crippen MR) is 80.2 cm³/mol. The molecule has 2 N–H and O–H groups in total. The van der Waals surface area contributed by atoms with E-state index in [1.807, 2.05) is 19.1 Å². The minimum atomic E-state index is -0.197. The minimum absolute atomic E-state index is 0.0812. The van der Waals surface area contributed by atoms with E-state index in [0.29, 0.717) is 30.2 Å². The molecule has 0 spiro atoms. The number of ether oxygens (including phenoxy) is 2. The summed E-state index contributed by atoms with van der Waals surface area (Å²) in [6.07, 6.45) is 0.758. The highest BCUT2D eigenvalue weighted by Crippen LogP contribution is 2.21. The number of nitrogens with zero attached hydrogens (tertiary/aromatic N) is 1. The molecule has 6 heteroatoms. The number of carbonyl (C=O) groups excluding carboxylic acids is 1. The SMILES string of the molecule is COCCCNC(=O)COc1cc(C)ccc1C(C)=NO. The standard InChI is InChI=1S/C15H22N2O4/c1-11-5-6-13(12(2)17-19)14(9-11)21-10-15(18)16-7-4-8-20-3/h5-6,9,19H,4,7-8,10H2,1-3H3,(H,16,18). The molecule has 0 bridgehead atoms. The van der Waals surface area contributed by atoms with Crippen LogP contribution in [0.1, 0.15) is 24.5 Å². The number of carbonyl (C=O) groups is 1. The smallest absolute Gasteiger partial charge is 0.257 e. The van der Waals surface area contributed by atoms with Crippen LogP contribution < -0.4 is 10.1 Å². The lowest BCUT2D eigenvalue weighted by Crippen LogP contribution is -2.30. The van der Waals surface area contributed by atoms with Crippen LogP contribution in [0.4, 0.5) is 0 Å². The summed E-state index contributed by atoms with van der Waals surface area (Å²) in [5.41, 5.74) is 2.10. The van der Waals surface area contributed by atoms with Crippen molar-refractivity contribution in [2.24, 2.45) is 5.16 Å². The topological polar surface area (TPSA) is 80.2 Å². The summed E-state index contributed by atoms with van der Waals surface area (Å²) in [6, 6.07) is 5.50. The molecule has 0 radical (unpaired) electrons. The molecule has 0 fully saturated rings. The number of rotatable bonds is 8. The Balaban J connectivity index is 2.58. The van der Waals surface area contributed by atoms with Gasteiger partial charge in [0.1, 0.15) is 5.75 Å². The largest absolute Gasteiger partial charge is 0.483 e. The second-order valence-corrected chi connectivity index (χ2v) is 4.67. The molecule has 0 atom stereocenters. The average Bonchev–Trinajstić information content (AvgIpc) is 2.49. The highest BCUT2D eigenvalue weighted by molar-refractivity contribution is 6.00. The lowest BCUT2D eigenvalue weighted by molar-refractivity contribution is -0.123. The number of oxime groups is 1. The highest BCUT2D eigenvalue weighted by Gasteiger charge is 2.10. The van der Waals surface area contributed by atoms with E-state index in [2.05, 4.69) is 10.5 Å². The van der Waals surface area contributed by atoms with E-state index >= 15 is 0 Å². The van der Waals surface area contributed by atoms with Crippen LogP contribution in [0.2, 0.25) is 0 Å².